The molecule has 2 aromatic heterocycles. The van der Waals surface area contributed by atoms with Crippen LogP contribution in [-0.2, 0) is 70.1 Å². The number of aliphatic carboxylic acids is 1. The monoisotopic (exact) mass is 986 g/mol. The van der Waals surface area contributed by atoms with Gasteiger partial charge in [-0.15, -0.1) is 0 Å². The minimum atomic E-state index is -2.06. The number of aliphatic hydroxyl groups is 5. The number of esters is 1. The average molecular weight is 987 g/mol. The molecule has 9 rings (SSSR count). The number of carbonyl (C=O) groups is 6. The first-order valence-electron chi connectivity index (χ1n) is 22.2. The molecule has 5 aliphatic heterocycles. The van der Waals surface area contributed by atoms with Gasteiger partial charge in [-0.25, -0.2) is 19.4 Å². The van der Waals surface area contributed by atoms with Gasteiger partial charge in [-0.2, -0.15) is 0 Å². The van der Waals surface area contributed by atoms with E-state index < -0.39 is 90.5 Å². The summed E-state index contributed by atoms with van der Waals surface area (Å²) < 4.78 is 34.5. The zero-order valence-electron chi connectivity index (χ0n) is 37.5. The lowest BCUT2D eigenvalue weighted by Crippen LogP contribution is -2.61. The van der Waals surface area contributed by atoms with Crippen molar-refractivity contribution in [2.45, 2.75) is 95.0 Å². The van der Waals surface area contributed by atoms with E-state index in [0.29, 0.717) is 44.9 Å². The zero-order chi connectivity index (χ0) is 50.5. The Morgan fingerprint density at radius 2 is 1.69 bits per heavy atom. The summed E-state index contributed by atoms with van der Waals surface area (Å²) in [6.07, 6.45) is -9.99. The molecular weight excluding hydrogens is 941 g/mol. The summed E-state index contributed by atoms with van der Waals surface area (Å²) in [4.78, 5) is 95.4. The topological polar surface area (TPSA) is 353 Å². The molecule has 1 saturated heterocycles. The molecule has 71 heavy (non-hydrogen) atoms. The summed E-state index contributed by atoms with van der Waals surface area (Å²) in [7, 11) is 0. The SMILES string of the molecule is CC[C@@]1(O)C(=O)OCc2c1cc1n(c2=O)Cc2c-1nc1cc3c(cc1c2CNC(=O)OCc1ccc(O[C@@H]2OC(C(=O)O)[C@@H](O)C(O)C2O)c(NC(=O)CCNC(=O)CCN2C(=O)C=CC2O)c1)OCO3. The number of hydrogen-bond donors (Lipinski definition) is 9. The Kier molecular flexibility index (Phi) is 13.1. The lowest BCUT2D eigenvalue weighted by molar-refractivity contribution is -0.271. The maximum Gasteiger partial charge on any atom is 0.407 e. The molecular formula is C46H46N6O19. The Hall–Kier alpha value is -7.68. The van der Waals surface area contributed by atoms with Crippen molar-refractivity contribution < 1.29 is 87.8 Å². The molecule has 7 atom stereocenters. The Bertz CT molecular complexity index is 2980. The van der Waals surface area contributed by atoms with E-state index in [0.717, 1.165) is 4.90 Å². The van der Waals surface area contributed by atoms with Crippen molar-refractivity contribution in [1.82, 2.24) is 25.1 Å². The van der Waals surface area contributed by atoms with Crippen molar-refractivity contribution in [2.24, 2.45) is 0 Å². The Morgan fingerprint density at radius 3 is 2.42 bits per heavy atom. The highest BCUT2D eigenvalue weighted by atomic mass is 16.7. The number of carboxylic acids is 1. The third-order valence-corrected chi connectivity index (χ3v) is 12.7. The third kappa shape index (κ3) is 9.16. The number of rotatable bonds is 15. The van der Waals surface area contributed by atoms with Crippen LogP contribution in [0.3, 0.4) is 0 Å². The summed E-state index contributed by atoms with van der Waals surface area (Å²) in [5.41, 5.74) is 0.0678. The van der Waals surface area contributed by atoms with E-state index in [4.69, 9.17) is 33.4 Å². The normalized spacial score (nSPS) is 23.7. The van der Waals surface area contributed by atoms with Gasteiger partial charge in [0.1, 0.15) is 43.5 Å². The van der Waals surface area contributed by atoms with E-state index in [1.54, 1.807) is 25.1 Å². The first-order valence-corrected chi connectivity index (χ1v) is 22.2. The van der Waals surface area contributed by atoms with Crippen LogP contribution in [0.1, 0.15) is 54.0 Å². The fourth-order valence-corrected chi connectivity index (χ4v) is 8.84. The van der Waals surface area contributed by atoms with Gasteiger partial charge in [0.05, 0.1) is 34.7 Å². The number of hydrogen-bond acceptors (Lipinski definition) is 19. The van der Waals surface area contributed by atoms with Gasteiger partial charge >= 0.3 is 18.0 Å². The van der Waals surface area contributed by atoms with Crippen molar-refractivity contribution in [3.05, 3.63) is 86.7 Å². The number of cyclic esters (lactones) is 1. The van der Waals surface area contributed by atoms with Crippen LogP contribution < -0.4 is 35.7 Å². The highest BCUT2D eigenvalue weighted by molar-refractivity contribution is 5.94. The molecule has 4 unspecified atom stereocenters. The lowest BCUT2D eigenvalue weighted by Gasteiger charge is -2.38. The summed E-state index contributed by atoms with van der Waals surface area (Å²) in [5, 5.41) is 70.4. The first kappa shape index (κ1) is 48.3. The second-order valence-corrected chi connectivity index (χ2v) is 17.1. The van der Waals surface area contributed by atoms with Gasteiger partial charge in [-0.3, -0.25) is 19.2 Å². The summed E-state index contributed by atoms with van der Waals surface area (Å²) in [6.45, 7) is 0.409. The zero-order valence-corrected chi connectivity index (χ0v) is 37.5. The molecule has 0 aliphatic carbocycles. The number of fused-ring (bicyclic) bond motifs is 6. The van der Waals surface area contributed by atoms with Gasteiger partial charge in [0, 0.05) is 61.1 Å². The predicted molar refractivity (Wildman–Crippen MR) is 237 cm³/mol. The number of alkyl carbamates (subject to hydrolysis) is 1. The number of aliphatic hydroxyl groups excluding tert-OH is 4. The van der Waals surface area contributed by atoms with E-state index in [1.807, 2.05) is 0 Å². The number of benzene rings is 2. The van der Waals surface area contributed by atoms with E-state index in [9.17, 15) is 64.2 Å². The highest BCUT2D eigenvalue weighted by Crippen LogP contribution is 2.43. The number of aromatic nitrogens is 2. The summed E-state index contributed by atoms with van der Waals surface area (Å²) in [5.74, 6) is -3.58. The average Bonchev–Trinajstić information content (AvgIpc) is 4.06. The van der Waals surface area contributed by atoms with Crippen LogP contribution in [0.5, 0.6) is 17.2 Å². The van der Waals surface area contributed by atoms with Crippen LogP contribution in [0, 0.1) is 0 Å². The fraction of sp³-hybridized carbons (Fsp3) is 0.391. The molecule has 25 heteroatoms. The van der Waals surface area contributed by atoms with Crippen molar-refractivity contribution >= 4 is 52.3 Å². The van der Waals surface area contributed by atoms with E-state index in [2.05, 4.69) is 16.0 Å². The molecule has 2 aromatic carbocycles. The number of ether oxygens (including phenoxy) is 6. The van der Waals surface area contributed by atoms with Crippen LogP contribution in [0.2, 0.25) is 0 Å². The van der Waals surface area contributed by atoms with Crippen LogP contribution in [0.4, 0.5) is 10.5 Å². The van der Waals surface area contributed by atoms with Gasteiger partial charge < -0.3 is 84.5 Å². The Balaban J connectivity index is 0.918. The van der Waals surface area contributed by atoms with Gasteiger partial charge in [0.25, 0.3) is 5.56 Å². The van der Waals surface area contributed by atoms with Crippen LogP contribution in [0.15, 0.2) is 53.3 Å². The van der Waals surface area contributed by atoms with Crippen LogP contribution >= 0.6 is 0 Å². The number of amides is 4. The molecule has 25 nitrogen and oxygen atoms in total. The lowest BCUT2D eigenvalue weighted by atomic mass is 9.86. The number of nitrogens with zero attached hydrogens (tertiary/aromatic N) is 3. The van der Waals surface area contributed by atoms with Crippen molar-refractivity contribution in [3.8, 4) is 28.6 Å². The van der Waals surface area contributed by atoms with Crippen molar-refractivity contribution in [3.63, 3.8) is 0 Å². The van der Waals surface area contributed by atoms with Crippen molar-refractivity contribution in [2.75, 3.05) is 25.2 Å². The Labute approximate surface area is 400 Å². The maximum absolute atomic E-state index is 13.9. The third-order valence-electron chi connectivity index (χ3n) is 12.7. The maximum atomic E-state index is 13.9. The van der Waals surface area contributed by atoms with E-state index >= 15 is 0 Å². The van der Waals surface area contributed by atoms with Gasteiger partial charge in [0.15, 0.2) is 23.2 Å². The molecule has 5 aliphatic rings. The molecule has 0 saturated carbocycles. The molecule has 7 heterocycles. The largest absolute Gasteiger partial charge is 0.479 e. The number of pyridine rings is 2. The molecule has 4 amide bonds. The van der Waals surface area contributed by atoms with Gasteiger partial charge in [-0.1, -0.05) is 13.0 Å². The van der Waals surface area contributed by atoms with E-state index in [-0.39, 0.29) is 87.0 Å². The quantitative estimate of drug-likeness (QED) is 0.0572. The second-order valence-electron chi connectivity index (χ2n) is 17.1. The molecule has 0 radical (unpaired) electrons. The number of carbonyl (C=O) groups excluding carboxylic acids is 5. The number of anilines is 1. The summed E-state index contributed by atoms with van der Waals surface area (Å²) >= 11 is 0. The first-order chi connectivity index (χ1) is 33.9. The minimum Gasteiger partial charge on any atom is -0.479 e. The van der Waals surface area contributed by atoms with Gasteiger partial charge in [0.2, 0.25) is 30.8 Å². The van der Waals surface area contributed by atoms with Crippen LogP contribution in [-0.4, -0.2) is 138 Å². The molecule has 0 bridgehead atoms. The Morgan fingerprint density at radius 1 is 0.915 bits per heavy atom. The highest BCUT2D eigenvalue weighted by Gasteiger charge is 2.49. The molecule has 1 fully saturated rings. The predicted octanol–water partition coefficient (Wildman–Crippen LogP) is -0.943. The number of carboxylic acid groups (broad SMARTS) is 1. The van der Waals surface area contributed by atoms with Gasteiger partial charge in [-0.05, 0) is 47.9 Å². The molecule has 9 N–H and O–H groups in total. The second kappa shape index (κ2) is 19.3. The van der Waals surface area contributed by atoms with E-state index in [1.165, 1.54) is 34.9 Å². The fourth-order valence-electron chi connectivity index (χ4n) is 8.84. The molecule has 0 spiro atoms. The summed E-state index contributed by atoms with van der Waals surface area (Å²) in [6, 6.07) is 8.93. The minimum absolute atomic E-state index is 0.0112. The standard InChI is InChI=1S/C46H46N6O19/c1-2-46(65)25-13-28-36-23(16-52(28)41(60)24(25)18-66-44(46)63)22(21-12-30-31(69-19-68-30)14-26(21)50-36)15-48-45(64)67-17-20-3-4-29(70-43-39(59)37(57)38(58)40(71-43)42(61)62)27(11-20)49-33(54)7-9-47-32(53)8-10-51-34(55)5-6-35(51)56/h3-6,11-14,34,37-40,43,55,57-59,65H,2,7-10,15-19H2,1H3,(H,47,53)(H,48,64)(H,49,54)(H,61,62)/t34?,37?,38-,39?,40?,43+,46-/m0/s1. The van der Waals surface area contributed by atoms with Crippen LogP contribution in [0.25, 0.3) is 22.3 Å². The molecule has 4 aromatic rings. The number of nitrogens with one attached hydrogen (secondary N) is 3. The van der Waals surface area contributed by atoms with Crippen molar-refractivity contribution in [1.29, 1.82) is 0 Å². The molecule has 374 valence electrons. The smallest absolute Gasteiger partial charge is 0.407 e.